The van der Waals surface area contributed by atoms with Crippen molar-refractivity contribution in [1.82, 2.24) is 9.97 Å². The normalized spacial score (nSPS) is 12.5. The topological polar surface area (TPSA) is 67.2 Å². The smallest absolute Gasteiger partial charge is 0.239 e. The van der Waals surface area contributed by atoms with Crippen molar-refractivity contribution in [2.24, 2.45) is 4.99 Å². The van der Waals surface area contributed by atoms with Crippen LogP contribution in [0, 0.1) is 0 Å². The predicted molar refractivity (Wildman–Crippen MR) is 124 cm³/mol. The van der Waals surface area contributed by atoms with E-state index in [-0.39, 0.29) is 11.2 Å². The second-order valence-electron chi connectivity index (χ2n) is 6.03. The van der Waals surface area contributed by atoms with Crippen LogP contribution in [0.5, 0.6) is 0 Å². The highest BCUT2D eigenvalue weighted by Crippen LogP contribution is 2.34. The van der Waals surface area contributed by atoms with Crippen LogP contribution in [0.25, 0.3) is 10.2 Å². The summed E-state index contributed by atoms with van der Waals surface area (Å²) in [4.78, 5) is 25.5. The molecule has 0 aliphatic heterocycles. The number of carbonyl (C=O) groups excluding carboxylic acids is 1. The fraction of sp³-hybridized carbons (Fsp3) is 0.100. The van der Waals surface area contributed by atoms with Crippen molar-refractivity contribution in [3.8, 4) is 0 Å². The Labute approximate surface area is 184 Å². The molecule has 0 saturated heterocycles. The number of benzene rings is 2. The summed E-state index contributed by atoms with van der Waals surface area (Å²) >= 11 is 10.3. The number of aliphatic imine (C=N–C) groups is 1. The Morgan fingerprint density at radius 2 is 2.10 bits per heavy atom. The highest BCUT2D eigenvalue weighted by molar-refractivity contribution is 8.02. The minimum absolute atomic E-state index is 0.0857. The van der Waals surface area contributed by atoms with E-state index < -0.39 is 0 Å². The maximum absolute atomic E-state index is 12.3. The number of aromatic nitrogens is 2. The molecule has 1 atom stereocenters. The van der Waals surface area contributed by atoms with Crippen molar-refractivity contribution in [2.45, 2.75) is 16.5 Å². The summed E-state index contributed by atoms with van der Waals surface area (Å²) in [6.07, 6.45) is 3.47. The number of hydrogen-bond acceptors (Lipinski definition) is 7. The SMILES string of the molecule is C[C@@H](Sc1nc2ccc(N=Cc3ccc(Cl)cc3)cc2s1)C(=O)Nc1nccs1. The molecule has 2 aromatic carbocycles. The van der Waals surface area contributed by atoms with E-state index in [0.717, 1.165) is 25.8 Å². The molecule has 5 nitrogen and oxygen atoms in total. The lowest BCUT2D eigenvalue weighted by Gasteiger charge is -2.07. The molecule has 0 aliphatic rings. The molecule has 2 aromatic heterocycles. The van der Waals surface area contributed by atoms with Crippen molar-refractivity contribution in [1.29, 1.82) is 0 Å². The van der Waals surface area contributed by atoms with E-state index in [9.17, 15) is 4.79 Å². The molecule has 1 amide bonds. The number of halogens is 1. The van der Waals surface area contributed by atoms with Gasteiger partial charge in [-0.25, -0.2) is 9.97 Å². The highest BCUT2D eigenvalue weighted by atomic mass is 35.5. The van der Waals surface area contributed by atoms with E-state index in [0.29, 0.717) is 10.2 Å². The summed E-state index contributed by atoms with van der Waals surface area (Å²) in [7, 11) is 0. The number of hydrogen-bond donors (Lipinski definition) is 1. The standard InChI is InChI=1S/C20H15ClN4OS3/c1-12(18(26)25-19-22-8-9-27-19)28-20-24-16-7-6-15(10-17(16)29-20)23-11-13-2-4-14(21)5-3-13/h2-12H,1H3,(H,22,25,26)/t12-/m1/s1. The van der Waals surface area contributed by atoms with Crippen LogP contribution in [0.3, 0.4) is 0 Å². The van der Waals surface area contributed by atoms with Gasteiger partial charge in [-0.05, 0) is 42.8 Å². The third-order valence-corrected chi connectivity index (χ3v) is 7.05. The van der Waals surface area contributed by atoms with Crippen LogP contribution in [0.4, 0.5) is 10.8 Å². The van der Waals surface area contributed by atoms with Gasteiger partial charge >= 0.3 is 0 Å². The average Bonchev–Trinajstić information content (AvgIpc) is 3.36. The Morgan fingerprint density at radius 1 is 1.28 bits per heavy atom. The van der Waals surface area contributed by atoms with E-state index in [2.05, 4.69) is 20.3 Å². The lowest BCUT2D eigenvalue weighted by Crippen LogP contribution is -2.22. The number of fused-ring (bicyclic) bond motifs is 1. The van der Waals surface area contributed by atoms with Gasteiger partial charge in [-0.1, -0.05) is 35.5 Å². The highest BCUT2D eigenvalue weighted by Gasteiger charge is 2.18. The van der Waals surface area contributed by atoms with Crippen LogP contribution >= 0.6 is 46.0 Å². The number of anilines is 1. The van der Waals surface area contributed by atoms with Gasteiger partial charge in [0, 0.05) is 22.8 Å². The summed E-state index contributed by atoms with van der Waals surface area (Å²) in [5.41, 5.74) is 2.73. The van der Waals surface area contributed by atoms with E-state index >= 15 is 0 Å². The van der Waals surface area contributed by atoms with Crippen molar-refractivity contribution in [3.63, 3.8) is 0 Å². The first-order valence-corrected chi connectivity index (χ1v) is 11.6. The summed E-state index contributed by atoms with van der Waals surface area (Å²) in [5.74, 6) is -0.0857. The molecule has 0 unspecified atom stereocenters. The van der Waals surface area contributed by atoms with Gasteiger partial charge < -0.3 is 5.32 Å². The third-order valence-electron chi connectivity index (χ3n) is 3.89. The van der Waals surface area contributed by atoms with Gasteiger partial charge in [0.05, 0.1) is 21.2 Å². The van der Waals surface area contributed by atoms with E-state index in [1.54, 1.807) is 23.7 Å². The van der Waals surface area contributed by atoms with Crippen LogP contribution in [0.2, 0.25) is 5.02 Å². The largest absolute Gasteiger partial charge is 0.301 e. The van der Waals surface area contributed by atoms with Crippen LogP contribution in [-0.4, -0.2) is 27.3 Å². The average molecular weight is 459 g/mol. The van der Waals surface area contributed by atoms with E-state index in [4.69, 9.17) is 11.6 Å². The van der Waals surface area contributed by atoms with Gasteiger partial charge in [-0.2, -0.15) is 0 Å². The number of thiazole rings is 2. The number of thioether (sulfide) groups is 1. The third kappa shape index (κ3) is 5.22. The quantitative estimate of drug-likeness (QED) is 0.273. The van der Waals surface area contributed by atoms with Crippen molar-refractivity contribution < 1.29 is 4.79 Å². The molecule has 0 bridgehead atoms. The Kier molecular flexibility index (Phi) is 6.25. The number of amides is 1. The molecule has 0 fully saturated rings. The first-order chi connectivity index (χ1) is 14.1. The minimum atomic E-state index is -0.276. The van der Waals surface area contributed by atoms with Gasteiger partial charge in [0.2, 0.25) is 5.91 Å². The van der Waals surface area contributed by atoms with Gasteiger partial charge in [0.25, 0.3) is 0 Å². The number of nitrogens with one attached hydrogen (secondary N) is 1. The second kappa shape index (κ2) is 9.04. The molecule has 0 radical (unpaired) electrons. The molecule has 4 rings (SSSR count). The molecule has 146 valence electrons. The van der Waals surface area contributed by atoms with Crippen molar-refractivity contribution >= 4 is 79.2 Å². The molecule has 29 heavy (non-hydrogen) atoms. The summed E-state index contributed by atoms with van der Waals surface area (Å²) < 4.78 is 1.88. The molecule has 0 spiro atoms. The zero-order valence-electron chi connectivity index (χ0n) is 15.2. The number of nitrogens with zero attached hydrogens (tertiary/aromatic N) is 3. The van der Waals surface area contributed by atoms with Gasteiger partial charge in [-0.3, -0.25) is 9.79 Å². The van der Waals surface area contributed by atoms with Crippen LogP contribution in [-0.2, 0) is 4.79 Å². The zero-order valence-corrected chi connectivity index (χ0v) is 18.4. The Hall–Kier alpha value is -2.26. The zero-order chi connectivity index (χ0) is 20.2. The summed E-state index contributed by atoms with van der Waals surface area (Å²) in [5, 5.41) is 5.68. The van der Waals surface area contributed by atoms with E-state index in [1.165, 1.54) is 23.1 Å². The van der Waals surface area contributed by atoms with Crippen molar-refractivity contribution in [3.05, 3.63) is 64.6 Å². The fourth-order valence-corrected chi connectivity index (χ4v) is 5.32. The maximum atomic E-state index is 12.3. The lowest BCUT2D eigenvalue weighted by atomic mass is 10.2. The second-order valence-corrected chi connectivity index (χ2v) is 9.98. The molecule has 4 aromatic rings. The molecular formula is C20H15ClN4OS3. The Balaban J connectivity index is 1.45. The summed E-state index contributed by atoms with van der Waals surface area (Å²) in [6, 6.07) is 13.4. The number of rotatable bonds is 6. The first kappa shape index (κ1) is 20.0. The fourth-order valence-electron chi connectivity index (χ4n) is 2.42. The van der Waals surface area contributed by atoms with Crippen molar-refractivity contribution in [2.75, 3.05) is 5.32 Å². The van der Waals surface area contributed by atoms with Gasteiger partial charge in [0.1, 0.15) is 0 Å². The van der Waals surface area contributed by atoms with Crippen LogP contribution in [0.15, 0.2) is 63.4 Å². The lowest BCUT2D eigenvalue weighted by molar-refractivity contribution is -0.115. The molecule has 2 heterocycles. The molecule has 1 N–H and O–H groups in total. The summed E-state index contributed by atoms with van der Waals surface area (Å²) in [6.45, 7) is 1.86. The molecule has 9 heteroatoms. The van der Waals surface area contributed by atoms with E-state index in [1.807, 2.05) is 54.8 Å². The predicted octanol–water partition coefficient (Wildman–Crippen LogP) is 6.28. The van der Waals surface area contributed by atoms with Gasteiger partial charge in [0.15, 0.2) is 9.47 Å². The first-order valence-electron chi connectivity index (χ1n) is 8.64. The maximum Gasteiger partial charge on any atom is 0.239 e. The molecule has 0 aliphatic carbocycles. The Morgan fingerprint density at radius 3 is 2.86 bits per heavy atom. The Bertz CT molecular complexity index is 1160. The van der Waals surface area contributed by atoms with Crippen LogP contribution in [0.1, 0.15) is 12.5 Å². The minimum Gasteiger partial charge on any atom is -0.301 e. The van der Waals surface area contributed by atoms with Gasteiger partial charge in [-0.15, -0.1) is 22.7 Å². The van der Waals surface area contributed by atoms with Crippen LogP contribution < -0.4 is 5.32 Å². The molecular weight excluding hydrogens is 444 g/mol. The monoisotopic (exact) mass is 458 g/mol. The number of carbonyl (C=O) groups is 1. The molecule has 0 saturated carbocycles.